The molecule has 38 heavy (non-hydrogen) atoms. The summed E-state index contributed by atoms with van der Waals surface area (Å²) in [6.45, 7) is 0. The summed E-state index contributed by atoms with van der Waals surface area (Å²) in [5, 5.41) is 7.13. The van der Waals surface area contributed by atoms with Crippen LogP contribution in [-0.4, -0.2) is 12.6 Å². The molecular weight excluding hydrogens is 474 g/mol. The number of hydrogen-bond acceptors (Lipinski definition) is 0. The molecule has 0 bridgehead atoms. The van der Waals surface area contributed by atoms with Crippen molar-refractivity contribution in [1.29, 1.82) is 0 Å². The molecule has 2 heteroatoms. The van der Waals surface area contributed by atoms with Crippen LogP contribution in [-0.2, 0) is 0 Å². The van der Waals surface area contributed by atoms with Gasteiger partial charge in [-0.3, -0.25) is 0 Å². The lowest BCUT2D eigenvalue weighted by Gasteiger charge is -2.42. The second-order valence-corrected chi connectivity index (χ2v) is 14.6. The topological polar surface area (TPSA) is 4.93 Å². The molecule has 2 aliphatic rings. The summed E-state index contributed by atoms with van der Waals surface area (Å²) in [6, 6.07) is 49.7. The normalized spacial score (nSPS) is 18.1. The maximum Gasteiger partial charge on any atom is 0.165 e. The van der Waals surface area contributed by atoms with E-state index in [0.29, 0.717) is 0 Å². The highest BCUT2D eigenvalue weighted by Gasteiger charge is 2.64. The Morgan fingerprint density at radius 2 is 1.18 bits per heavy atom. The molecule has 8 rings (SSSR count). The quantitative estimate of drug-likeness (QED) is 0.179. The van der Waals surface area contributed by atoms with E-state index in [1.807, 2.05) is 0 Å². The van der Waals surface area contributed by atoms with E-state index < -0.39 is 8.07 Å². The van der Waals surface area contributed by atoms with Crippen LogP contribution in [0, 0.1) is 0 Å². The van der Waals surface area contributed by atoms with Gasteiger partial charge in [0, 0.05) is 21.5 Å². The number of nitrogens with zero attached hydrogens (tertiary/aromatic N) is 1. The Balaban J connectivity index is 1.59. The van der Waals surface area contributed by atoms with Crippen molar-refractivity contribution < 1.29 is 0 Å². The molecule has 0 radical (unpaired) electrons. The molecule has 1 nitrogen and oxygen atoms in total. The van der Waals surface area contributed by atoms with Gasteiger partial charge in [-0.05, 0) is 45.8 Å². The Labute approximate surface area is 224 Å². The molecule has 6 aromatic rings. The van der Waals surface area contributed by atoms with Crippen molar-refractivity contribution in [1.82, 2.24) is 4.57 Å². The minimum Gasteiger partial charge on any atom is -0.309 e. The largest absolute Gasteiger partial charge is 0.309 e. The molecule has 1 atom stereocenters. The first kappa shape index (κ1) is 21.7. The predicted molar refractivity (Wildman–Crippen MR) is 163 cm³/mol. The molecule has 1 unspecified atom stereocenters. The summed E-state index contributed by atoms with van der Waals surface area (Å²) in [7, 11) is -2.61. The summed E-state index contributed by atoms with van der Waals surface area (Å²) in [5.74, 6) is 0. The number of fused-ring (bicyclic) bond motifs is 4. The van der Waals surface area contributed by atoms with Crippen LogP contribution in [0.1, 0.15) is 6.42 Å². The third kappa shape index (κ3) is 2.76. The Hall–Kier alpha value is -4.40. The maximum atomic E-state index is 2.58. The zero-order valence-electron chi connectivity index (χ0n) is 21.1. The van der Waals surface area contributed by atoms with Gasteiger partial charge in [0.05, 0.1) is 11.0 Å². The van der Waals surface area contributed by atoms with Crippen LogP contribution >= 0.6 is 0 Å². The molecule has 0 fully saturated rings. The van der Waals surface area contributed by atoms with Gasteiger partial charge >= 0.3 is 0 Å². The number of benzene rings is 5. The SMILES string of the molecule is C1=CC2=CC2([Si](c2ccccc2)(c2ccccc2)c2cccc3c4ccccc4n(-c4ccccc4)c23)C1. The zero-order valence-corrected chi connectivity index (χ0v) is 22.1. The van der Waals surface area contributed by atoms with Crippen molar-refractivity contribution >= 4 is 45.4 Å². The fourth-order valence-corrected chi connectivity index (χ4v) is 13.3. The van der Waals surface area contributed by atoms with Gasteiger partial charge in [0.2, 0.25) is 0 Å². The Morgan fingerprint density at radius 1 is 0.579 bits per heavy atom. The minimum absolute atomic E-state index is 0.0575. The van der Waals surface area contributed by atoms with Crippen LogP contribution in [0.25, 0.3) is 27.5 Å². The summed E-state index contributed by atoms with van der Waals surface area (Å²) in [6.07, 6.45) is 8.42. The van der Waals surface area contributed by atoms with Gasteiger partial charge in [0.1, 0.15) is 0 Å². The van der Waals surface area contributed by atoms with Crippen molar-refractivity contribution in [3.8, 4) is 5.69 Å². The first-order chi connectivity index (χ1) is 18.8. The van der Waals surface area contributed by atoms with Crippen LogP contribution in [0.3, 0.4) is 0 Å². The van der Waals surface area contributed by atoms with Crippen molar-refractivity contribution in [3.05, 3.63) is 157 Å². The van der Waals surface area contributed by atoms with E-state index in [2.05, 4.69) is 156 Å². The lowest BCUT2D eigenvalue weighted by molar-refractivity contribution is 0.946. The molecule has 5 aromatic carbocycles. The fourth-order valence-electron chi connectivity index (χ4n) is 7.23. The van der Waals surface area contributed by atoms with Gasteiger partial charge in [-0.1, -0.05) is 133 Å². The van der Waals surface area contributed by atoms with E-state index in [1.54, 1.807) is 0 Å². The molecule has 2 aliphatic carbocycles. The van der Waals surface area contributed by atoms with Gasteiger partial charge in [-0.25, -0.2) is 0 Å². The van der Waals surface area contributed by atoms with Gasteiger partial charge in [0.15, 0.2) is 8.07 Å². The van der Waals surface area contributed by atoms with Crippen molar-refractivity contribution in [2.75, 3.05) is 0 Å². The molecule has 1 aromatic heterocycles. The van der Waals surface area contributed by atoms with Crippen LogP contribution in [0.2, 0.25) is 5.04 Å². The van der Waals surface area contributed by atoms with E-state index in [9.17, 15) is 0 Å². The molecule has 1 heterocycles. The summed E-state index contributed by atoms with van der Waals surface area (Å²) in [4.78, 5) is 0. The molecule has 180 valence electrons. The number of para-hydroxylation sites is 3. The van der Waals surface area contributed by atoms with Gasteiger partial charge in [-0.2, -0.15) is 0 Å². The van der Waals surface area contributed by atoms with Gasteiger partial charge in [-0.15, -0.1) is 0 Å². The van der Waals surface area contributed by atoms with Crippen LogP contribution < -0.4 is 15.6 Å². The molecule has 0 aliphatic heterocycles. The number of rotatable bonds is 5. The van der Waals surface area contributed by atoms with Crippen LogP contribution in [0.15, 0.2) is 157 Å². The highest BCUT2D eigenvalue weighted by atomic mass is 28.3. The highest BCUT2D eigenvalue weighted by molar-refractivity contribution is 7.15. The summed E-state index contributed by atoms with van der Waals surface area (Å²) < 4.78 is 2.52. The van der Waals surface area contributed by atoms with E-state index in [-0.39, 0.29) is 5.04 Å². The van der Waals surface area contributed by atoms with E-state index in [1.165, 1.54) is 48.6 Å². The van der Waals surface area contributed by atoms with Crippen LogP contribution in [0.4, 0.5) is 0 Å². The van der Waals surface area contributed by atoms with Gasteiger partial charge in [0.25, 0.3) is 0 Å². The highest BCUT2D eigenvalue weighted by Crippen LogP contribution is 2.65. The molecule has 0 amide bonds. The van der Waals surface area contributed by atoms with Gasteiger partial charge < -0.3 is 4.57 Å². The minimum atomic E-state index is -2.61. The number of allylic oxidation sites excluding steroid dienone is 4. The molecule has 0 N–H and O–H groups in total. The van der Waals surface area contributed by atoms with Crippen LogP contribution in [0.5, 0.6) is 0 Å². The lowest BCUT2D eigenvalue weighted by Crippen LogP contribution is -2.71. The van der Waals surface area contributed by atoms with Crippen molar-refractivity contribution in [2.24, 2.45) is 0 Å². The maximum absolute atomic E-state index is 2.61. The molecule has 0 saturated heterocycles. The van der Waals surface area contributed by atoms with Crippen molar-refractivity contribution in [2.45, 2.75) is 11.5 Å². The van der Waals surface area contributed by atoms with Crippen molar-refractivity contribution in [3.63, 3.8) is 0 Å². The molecule has 0 saturated carbocycles. The lowest BCUT2D eigenvalue weighted by atomic mass is 10.1. The van der Waals surface area contributed by atoms with E-state index in [4.69, 9.17) is 0 Å². The zero-order chi connectivity index (χ0) is 25.2. The second kappa shape index (κ2) is 8.05. The first-order valence-corrected chi connectivity index (χ1v) is 15.4. The predicted octanol–water partition coefficient (Wildman–Crippen LogP) is 6.89. The number of hydrogen-bond donors (Lipinski definition) is 0. The third-order valence-electron chi connectivity index (χ3n) is 8.77. The average molecular weight is 502 g/mol. The average Bonchev–Trinajstić information content (AvgIpc) is 3.37. The third-order valence-corrected chi connectivity index (χ3v) is 14.4. The molecular formula is C36H27NSi. The number of aromatic nitrogens is 1. The Kier molecular flexibility index (Phi) is 4.59. The first-order valence-electron chi connectivity index (χ1n) is 13.4. The second-order valence-electron chi connectivity index (χ2n) is 10.5. The standard InChI is InChI=1S/C36H27NSi/c1-4-15-28(16-5-1)37-33-23-11-10-21-31(33)32-22-12-24-34(35(32)37)38(29-17-6-2-7-18-29,30-19-8-3-9-20-30)36-25-13-14-27(36)26-36/h1-24,26H,25H2. The summed E-state index contributed by atoms with van der Waals surface area (Å²) in [5.41, 5.74) is 5.33. The smallest absolute Gasteiger partial charge is 0.165 e. The Morgan fingerprint density at radius 3 is 1.82 bits per heavy atom. The fraction of sp³-hybridized carbons (Fsp3) is 0.0556. The monoisotopic (exact) mass is 501 g/mol. The summed E-state index contributed by atoms with van der Waals surface area (Å²) >= 11 is 0. The van der Waals surface area contributed by atoms with E-state index >= 15 is 0 Å². The van der Waals surface area contributed by atoms with E-state index in [0.717, 1.165) is 6.42 Å². The molecule has 0 spiro atoms. The Bertz CT molecular complexity index is 1840.